The van der Waals surface area contributed by atoms with E-state index < -0.39 is 5.41 Å². The van der Waals surface area contributed by atoms with Crippen molar-refractivity contribution in [2.45, 2.75) is 53.5 Å². The van der Waals surface area contributed by atoms with E-state index in [1.54, 1.807) is 4.90 Å². The van der Waals surface area contributed by atoms with Gasteiger partial charge in [0.15, 0.2) is 0 Å². The number of carbonyl (C=O) groups is 1. The Kier molecular flexibility index (Phi) is 7.27. The molecule has 3 aromatic rings. The van der Waals surface area contributed by atoms with Crippen molar-refractivity contribution >= 4 is 22.6 Å². The van der Waals surface area contributed by atoms with Gasteiger partial charge in [-0.3, -0.25) is 4.79 Å². The van der Waals surface area contributed by atoms with Gasteiger partial charge in [0.2, 0.25) is 5.91 Å². The smallest absolute Gasteiger partial charge is 0.232 e. The highest BCUT2D eigenvalue weighted by Gasteiger charge is 2.26. The topological polar surface area (TPSA) is 56.6 Å². The lowest BCUT2D eigenvalue weighted by Gasteiger charge is -2.26. The Labute approximate surface area is 202 Å². The molecule has 182 valence electrons. The predicted molar refractivity (Wildman–Crippen MR) is 137 cm³/mol. The summed E-state index contributed by atoms with van der Waals surface area (Å²) in [6.07, 6.45) is 4.79. The van der Waals surface area contributed by atoms with Gasteiger partial charge in [-0.25, -0.2) is 4.98 Å². The Morgan fingerprint density at radius 2 is 1.88 bits per heavy atom. The van der Waals surface area contributed by atoms with Crippen LogP contribution in [0.5, 0.6) is 5.75 Å². The monoisotopic (exact) mass is 463 g/mol. The number of rotatable bonds is 7. The molecular weight excluding hydrogens is 426 g/mol. The second-order valence-electron chi connectivity index (χ2n) is 10.3. The molecule has 1 aliphatic heterocycles. The van der Waals surface area contributed by atoms with Crippen LogP contribution in [0, 0.1) is 11.3 Å². The summed E-state index contributed by atoms with van der Waals surface area (Å²) < 4.78 is 13.6. The largest absolute Gasteiger partial charge is 0.494 e. The average molecular weight is 464 g/mol. The molecule has 1 amide bonds. The molecule has 1 aliphatic rings. The molecule has 0 aliphatic carbocycles. The first-order valence-corrected chi connectivity index (χ1v) is 12.3. The molecule has 0 spiro atoms. The van der Waals surface area contributed by atoms with Gasteiger partial charge in [0.05, 0.1) is 18.5 Å². The molecule has 0 radical (unpaired) electrons. The number of benzene rings is 1. The van der Waals surface area contributed by atoms with Crippen molar-refractivity contribution in [1.29, 1.82) is 0 Å². The number of nitrogens with zero attached hydrogens (tertiary/aromatic N) is 3. The van der Waals surface area contributed by atoms with E-state index in [1.165, 1.54) is 11.3 Å². The van der Waals surface area contributed by atoms with Crippen LogP contribution in [0.3, 0.4) is 0 Å². The Morgan fingerprint density at radius 3 is 2.53 bits per heavy atom. The number of carbonyl (C=O) groups excluding carboxylic acids is 1. The lowest BCUT2D eigenvalue weighted by atomic mass is 9.95. The van der Waals surface area contributed by atoms with Crippen LogP contribution in [-0.4, -0.2) is 42.3 Å². The van der Waals surface area contributed by atoms with E-state index in [1.807, 2.05) is 53.1 Å². The molecule has 0 atom stereocenters. The SMILES string of the molecule is CCOc1ccc(Cc2cc3cc(N(C)C(=O)C(C)(C)C)cnc3n2CC2CCOCC2)cc1. The summed E-state index contributed by atoms with van der Waals surface area (Å²) in [6.45, 7) is 11.1. The fourth-order valence-electron chi connectivity index (χ4n) is 4.61. The van der Waals surface area contributed by atoms with Crippen LogP contribution in [0.25, 0.3) is 11.0 Å². The highest BCUT2D eigenvalue weighted by Crippen LogP contribution is 2.29. The van der Waals surface area contributed by atoms with Gasteiger partial charge >= 0.3 is 0 Å². The molecular formula is C28H37N3O3. The first kappa shape index (κ1) is 24.3. The number of aromatic nitrogens is 2. The van der Waals surface area contributed by atoms with Crippen LogP contribution >= 0.6 is 0 Å². The fourth-order valence-corrected chi connectivity index (χ4v) is 4.61. The second kappa shape index (κ2) is 10.2. The number of hydrogen-bond acceptors (Lipinski definition) is 4. The number of anilines is 1. The molecule has 1 fully saturated rings. The summed E-state index contributed by atoms with van der Waals surface area (Å²) in [6, 6.07) is 12.7. The molecule has 6 heteroatoms. The van der Waals surface area contributed by atoms with Gasteiger partial charge in [0, 0.05) is 49.7 Å². The maximum absolute atomic E-state index is 12.8. The van der Waals surface area contributed by atoms with E-state index in [9.17, 15) is 4.79 Å². The molecule has 3 heterocycles. The Hall–Kier alpha value is -2.86. The Morgan fingerprint density at radius 1 is 1.18 bits per heavy atom. The van der Waals surface area contributed by atoms with Gasteiger partial charge in [-0.1, -0.05) is 32.9 Å². The summed E-state index contributed by atoms with van der Waals surface area (Å²) in [7, 11) is 1.83. The molecule has 1 saturated heterocycles. The number of fused-ring (bicyclic) bond motifs is 1. The standard InChI is InChI=1S/C28H37N3O3/c1-6-34-25-9-7-20(8-10-25)15-23-16-22-17-24(30(5)27(32)28(2,3)4)18-29-26(22)31(23)19-21-11-13-33-14-12-21/h7-10,16-18,21H,6,11-15,19H2,1-5H3. The summed E-state index contributed by atoms with van der Waals surface area (Å²) >= 11 is 0. The van der Waals surface area contributed by atoms with Gasteiger partial charge in [0.25, 0.3) is 0 Å². The number of pyridine rings is 1. The highest BCUT2D eigenvalue weighted by atomic mass is 16.5. The van der Waals surface area contributed by atoms with Crippen LogP contribution in [0.1, 0.15) is 51.8 Å². The molecule has 0 bridgehead atoms. The van der Waals surface area contributed by atoms with E-state index in [2.05, 4.69) is 28.8 Å². The zero-order chi connectivity index (χ0) is 24.3. The minimum absolute atomic E-state index is 0.0740. The Balaban J connectivity index is 1.68. The van der Waals surface area contributed by atoms with Crippen molar-refractivity contribution < 1.29 is 14.3 Å². The summed E-state index contributed by atoms with van der Waals surface area (Å²) in [5, 5.41) is 1.07. The molecule has 34 heavy (non-hydrogen) atoms. The molecule has 4 rings (SSSR count). The van der Waals surface area contributed by atoms with Crippen LogP contribution in [-0.2, 0) is 22.5 Å². The van der Waals surface area contributed by atoms with Crippen LogP contribution < -0.4 is 9.64 Å². The molecule has 2 aromatic heterocycles. The van der Waals surface area contributed by atoms with Crippen molar-refractivity contribution in [3.05, 3.63) is 53.9 Å². The van der Waals surface area contributed by atoms with Gasteiger partial charge < -0.3 is 18.9 Å². The lowest BCUT2D eigenvalue weighted by Crippen LogP contribution is -2.36. The lowest BCUT2D eigenvalue weighted by molar-refractivity contribution is -0.125. The summed E-state index contributed by atoms with van der Waals surface area (Å²) in [5.74, 6) is 1.55. The van der Waals surface area contributed by atoms with Crippen molar-refractivity contribution in [2.24, 2.45) is 11.3 Å². The number of amides is 1. The minimum atomic E-state index is -0.447. The summed E-state index contributed by atoms with van der Waals surface area (Å²) in [5.41, 5.74) is 3.83. The minimum Gasteiger partial charge on any atom is -0.494 e. The van der Waals surface area contributed by atoms with Gasteiger partial charge in [-0.05, 0) is 55.5 Å². The van der Waals surface area contributed by atoms with Crippen LogP contribution in [0.2, 0.25) is 0 Å². The van der Waals surface area contributed by atoms with E-state index in [0.717, 1.165) is 61.5 Å². The van der Waals surface area contributed by atoms with Crippen LogP contribution in [0.15, 0.2) is 42.6 Å². The molecule has 6 nitrogen and oxygen atoms in total. The van der Waals surface area contributed by atoms with Crippen molar-refractivity contribution in [1.82, 2.24) is 9.55 Å². The fraction of sp³-hybridized carbons (Fsp3) is 0.500. The molecule has 0 unspecified atom stereocenters. The zero-order valence-corrected chi connectivity index (χ0v) is 21.1. The number of ether oxygens (including phenoxy) is 2. The normalized spacial score (nSPS) is 15.0. The number of hydrogen-bond donors (Lipinski definition) is 0. The highest BCUT2D eigenvalue weighted by molar-refractivity contribution is 5.97. The van der Waals surface area contributed by atoms with Crippen LogP contribution in [0.4, 0.5) is 5.69 Å². The van der Waals surface area contributed by atoms with Crippen molar-refractivity contribution in [3.8, 4) is 5.75 Å². The molecule has 1 aromatic carbocycles. The van der Waals surface area contributed by atoms with E-state index in [4.69, 9.17) is 14.5 Å². The quantitative estimate of drug-likeness (QED) is 0.467. The third-order valence-corrected chi connectivity index (χ3v) is 6.54. The Bertz CT molecular complexity index is 1120. The van der Waals surface area contributed by atoms with E-state index >= 15 is 0 Å². The zero-order valence-electron chi connectivity index (χ0n) is 21.1. The molecule has 0 N–H and O–H groups in total. The third kappa shape index (κ3) is 5.44. The first-order chi connectivity index (χ1) is 16.3. The van der Waals surface area contributed by atoms with Gasteiger partial charge in [-0.2, -0.15) is 0 Å². The maximum atomic E-state index is 12.8. The summed E-state index contributed by atoms with van der Waals surface area (Å²) in [4.78, 5) is 19.4. The average Bonchev–Trinajstić information content (AvgIpc) is 3.15. The van der Waals surface area contributed by atoms with E-state index in [-0.39, 0.29) is 5.91 Å². The van der Waals surface area contributed by atoms with Crippen molar-refractivity contribution in [3.63, 3.8) is 0 Å². The predicted octanol–water partition coefficient (Wildman–Crippen LogP) is 5.46. The van der Waals surface area contributed by atoms with E-state index in [0.29, 0.717) is 12.5 Å². The molecule has 0 saturated carbocycles. The first-order valence-electron chi connectivity index (χ1n) is 12.3. The second-order valence-corrected chi connectivity index (χ2v) is 10.3. The van der Waals surface area contributed by atoms with Gasteiger partial charge in [0.1, 0.15) is 11.4 Å². The van der Waals surface area contributed by atoms with Gasteiger partial charge in [-0.15, -0.1) is 0 Å². The maximum Gasteiger partial charge on any atom is 0.232 e. The third-order valence-electron chi connectivity index (χ3n) is 6.54. The van der Waals surface area contributed by atoms with Crippen molar-refractivity contribution in [2.75, 3.05) is 31.8 Å².